The fourth-order valence-electron chi connectivity index (χ4n) is 2.22. The van der Waals surface area contributed by atoms with Crippen LogP contribution in [0, 0.1) is 15.9 Å². The lowest BCUT2D eigenvalue weighted by Crippen LogP contribution is -2.15. The second-order valence-corrected chi connectivity index (χ2v) is 6.01. The fourth-order valence-corrected chi connectivity index (χ4v) is 2.40. The number of benzene rings is 2. The highest BCUT2D eigenvalue weighted by atomic mass is 35.5. The van der Waals surface area contributed by atoms with Gasteiger partial charge in [-0.25, -0.2) is 4.39 Å². The van der Waals surface area contributed by atoms with Crippen LogP contribution >= 0.6 is 11.6 Å². The lowest BCUT2D eigenvalue weighted by molar-refractivity contribution is -0.385. The van der Waals surface area contributed by atoms with Gasteiger partial charge < -0.3 is 10.2 Å². The van der Waals surface area contributed by atoms with Gasteiger partial charge in [-0.1, -0.05) is 43.5 Å². The first-order chi connectivity index (χ1) is 12.9. The van der Waals surface area contributed by atoms with Gasteiger partial charge in [-0.15, -0.1) is 0 Å². The molecule has 0 aliphatic carbocycles. The maximum Gasteiger partial charge on any atom is 0.282 e. The standard InChI is InChI=1S/C18H18ClFN2O5/c1-2-3-6-9-26-27-17-11-15(14(20)10-13(17)19)21-18(23)12-7-4-5-8-16(12)22(24)25/h4-5,7-8,10-11H,2-3,6,9H2,1H3,(H,21,23). The van der Waals surface area contributed by atoms with Gasteiger partial charge in [-0.2, -0.15) is 4.89 Å². The number of rotatable bonds is 9. The Morgan fingerprint density at radius 2 is 2.04 bits per heavy atom. The van der Waals surface area contributed by atoms with Crippen molar-refractivity contribution in [2.24, 2.45) is 0 Å². The Labute approximate surface area is 160 Å². The van der Waals surface area contributed by atoms with Crippen LogP contribution in [0.3, 0.4) is 0 Å². The number of nitro benzene ring substituents is 1. The molecule has 0 saturated heterocycles. The van der Waals surface area contributed by atoms with E-state index in [9.17, 15) is 19.3 Å². The average molecular weight is 397 g/mol. The molecule has 0 radical (unpaired) electrons. The number of unbranched alkanes of at least 4 members (excludes halogenated alkanes) is 2. The van der Waals surface area contributed by atoms with Crippen molar-refractivity contribution in [3.8, 4) is 5.75 Å². The maximum atomic E-state index is 14.1. The third-order valence-corrected chi connectivity index (χ3v) is 3.89. The van der Waals surface area contributed by atoms with Crippen molar-refractivity contribution in [1.82, 2.24) is 0 Å². The highest BCUT2D eigenvalue weighted by molar-refractivity contribution is 6.32. The number of amides is 1. The fraction of sp³-hybridized carbons (Fsp3) is 0.278. The number of carbonyl (C=O) groups excluding carboxylic acids is 1. The molecule has 2 rings (SSSR count). The number of nitrogens with one attached hydrogen (secondary N) is 1. The van der Waals surface area contributed by atoms with Crippen LogP contribution in [0.1, 0.15) is 36.5 Å². The molecule has 0 aliphatic rings. The summed E-state index contributed by atoms with van der Waals surface area (Å²) < 4.78 is 14.1. The van der Waals surface area contributed by atoms with Crippen molar-refractivity contribution in [1.29, 1.82) is 0 Å². The highest BCUT2D eigenvalue weighted by Crippen LogP contribution is 2.31. The molecular formula is C18H18ClFN2O5. The van der Waals surface area contributed by atoms with Crippen molar-refractivity contribution in [2.45, 2.75) is 26.2 Å². The smallest absolute Gasteiger partial charge is 0.282 e. The summed E-state index contributed by atoms with van der Waals surface area (Å²) in [6.45, 7) is 2.38. The summed E-state index contributed by atoms with van der Waals surface area (Å²) in [7, 11) is 0. The van der Waals surface area contributed by atoms with E-state index >= 15 is 0 Å². The second-order valence-electron chi connectivity index (χ2n) is 5.60. The van der Waals surface area contributed by atoms with Crippen LogP contribution < -0.4 is 10.2 Å². The third-order valence-electron chi connectivity index (χ3n) is 3.60. The Morgan fingerprint density at radius 1 is 1.30 bits per heavy atom. The van der Waals surface area contributed by atoms with Gasteiger partial charge in [0, 0.05) is 12.1 Å². The van der Waals surface area contributed by atoms with E-state index in [1.807, 2.05) is 6.92 Å². The van der Waals surface area contributed by atoms with Gasteiger partial charge >= 0.3 is 0 Å². The van der Waals surface area contributed by atoms with Crippen molar-refractivity contribution >= 4 is 28.9 Å². The van der Waals surface area contributed by atoms with E-state index < -0.39 is 16.6 Å². The van der Waals surface area contributed by atoms with Crippen molar-refractivity contribution < 1.29 is 23.9 Å². The molecule has 0 atom stereocenters. The predicted molar refractivity (Wildman–Crippen MR) is 98.6 cm³/mol. The molecule has 0 heterocycles. The van der Waals surface area contributed by atoms with Gasteiger partial charge in [0.1, 0.15) is 11.4 Å². The summed E-state index contributed by atoms with van der Waals surface area (Å²) in [5.41, 5.74) is -0.829. The zero-order valence-corrected chi connectivity index (χ0v) is 15.3. The lowest BCUT2D eigenvalue weighted by Gasteiger charge is -2.11. The predicted octanol–water partition coefficient (Wildman–Crippen LogP) is 5.14. The van der Waals surface area contributed by atoms with E-state index in [0.717, 1.165) is 31.4 Å². The Balaban J connectivity index is 2.15. The molecule has 2 aromatic carbocycles. The second kappa shape index (κ2) is 9.84. The Morgan fingerprint density at radius 3 is 2.74 bits per heavy atom. The number of hydrogen-bond donors (Lipinski definition) is 1. The van der Waals surface area contributed by atoms with E-state index in [2.05, 4.69) is 5.32 Å². The molecule has 0 spiro atoms. The van der Waals surface area contributed by atoms with Gasteiger partial charge in [0.25, 0.3) is 11.6 Å². The van der Waals surface area contributed by atoms with E-state index in [4.69, 9.17) is 21.4 Å². The summed E-state index contributed by atoms with van der Waals surface area (Å²) in [6, 6.07) is 7.48. The van der Waals surface area contributed by atoms with Crippen molar-refractivity contribution in [2.75, 3.05) is 11.9 Å². The van der Waals surface area contributed by atoms with Crippen LogP contribution in [0.25, 0.3) is 0 Å². The summed E-state index contributed by atoms with van der Waals surface area (Å²) >= 11 is 5.91. The molecule has 0 saturated carbocycles. The topological polar surface area (TPSA) is 90.7 Å². The molecule has 0 bridgehead atoms. The van der Waals surface area contributed by atoms with Crippen LogP contribution in [0.2, 0.25) is 5.02 Å². The summed E-state index contributed by atoms with van der Waals surface area (Å²) in [4.78, 5) is 32.8. The Bertz CT molecular complexity index is 831. The Hall–Kier alpha value is -2.71. The number of halogens is 2. The molecule has 9 heteroatoms. The number of nitro groups is 1. The number of nitrogens with zero attached hydrogens (tertiary/aromatic N) is 1. The highest BCUT2D eigenvalue weighted by Gasteiger charge is 2.21. The first-order valence-corrected chi connectivity index (χ1v) is 8.65. The van der Waals surface area contributed by atoms with Gasteiger partial charge in [-0.3, -0.25) is 14.9 Å². The quantitative estimate of drug-likeness (QED) is 0.274. The Kier molecular flexibility index (Phi) is 7.51. The minimum absolute atomic E-state index is 0.0208. The van der Waals surface area contributed by atoms with Crippen molar-refractivity contribution in [3.05, 3.63) is 62.9 Å². The number of anilines is 1. The zero-order chi connectivity index (χ0) is 19.8. The monoisotopic (exact) mass is 396 g/mol. The molecule has 144 valence electrons. The van der Waals surface area contributed by atoms with Gasteiger partial charge in [-0.05, 0) is 18.6 Å². The normalized spacial score (nSPS) is 10.5. The van der Waals surface area contributed by atoms with E-state index in [1.165, 1.54) is 24.3 Å². The largest absolute Gasteiger partial charge is 0.336 e. The summed E-state index contributed by atoms with van der Waals surface area (Å²) in [5.74, 6) is -1.63. The molecule has 0 aliphatic heterocycles. The molecular weight excluding hydrogens is 379 g/mol. The van der Waals surface area contributed by atoms with E-state index in [0.29, 0.717) is 6.61 Å². The van der Waals surface area contributed by atoms with Gasteiger partial charge in [0.2, 0.25) is 0 Å². The molecule has 1 N–H and O–H groups in total. The maximum absolute atomic E-state index is 14.1. The molecule has 0 fully saturated rings. The van der Waals surface area contributed by atoms with Crippen LogP contribution in [0.4, 0.5) is 15.8 Å². The molecule has 27 heavy (non-hydrogen) atoms. The third kappa shape index (κ3) is 5.63. The SMILES string of the molecule is CCCCCOOc1cc(NC(=O)c2ccccc2[N+](=O)[O-])c(F)cc1Cl. The summed E-state index contributed by atoms with van der Waals surface area (Å²) in [5, 5.41) is 13.3. The van der Waals surface area contributed by atoms with E-state index in [1.54, 1.807) is 0 Å². The number of hydrogen-bond acceptors (Lipinski definition) is 5. The molecule has 0 unspecified atom stereocenters. The van der Waals surface area contributed by atoms with Crippen LogP contribution in [-0.4, -0.2) is 17.4 Å². The molecule has 7 nitrogen and oxygen atoms in total. The minimum Gasteiger partial charge on any atom is -0.336 e. The molecule has 1 amide bonds. The molecule has 2 aromatic rings. The van der Waals surface area contributed by atoms with E-state index in [-0.39, 0.29) is 27.7 Å². The minimum atomic E-state index is -0.835. The average Bonchev–Trinajstić information content (AvgIpc) is 2.64. The first kappa shape index (κ1) is 20.6. The number of carbonyl (C=O) groups is 1. The zero-order valence-electron chi connectivity index (χ0n) is 14.5. The van der Waals surface area contributed by atoms with Crippen LogP contribution in [-0.2, 0) is 4.89 Å². The first-order valence-electron chi connectivity index (χ1n) is 8.27. The van der Waals surface area contributed by atoms with Crippen molar-refractivity contribution in [3.63, 3.8) is 0 Å². The van der Waals surface area contributed by atoms with Gasteiger partial charge in [0.15, 0.2) is 5.75 Å². The lowest BCUT2D eigenvalue weighted by atomic mass is 10.1. The molecule has 0 aromatic heterocycles. The number of para-hydroxylation sites is 1. The van der Waals surface area contributed by atoms with Crippen LogP contribution in [0.5, 0.6) is 5.75 Å². The van der Waals surface area contributed by atoms with Crippen LogP contribution in [0.15, 0.2) is 36.4 Å². The van der Waals surface area contributed by atoms with Gasteiger partial charge in [0.05, 0.1) is 22.2 Å². The summed E-state index contributed by atoms with van der Waals surface area (Å²) in [6.07, 6.45) is 2.77.